The second-order valence-electron chi connectivity index (χ2n) is 4.74. The molecule has 1 aliphatic carbocycles. The van der Waals surface area contributed by atoms with Crippen LogP contribution in [0, 0.1) is 11.3 Å². The number of nitrogens with zero attached hydrogens (tertiary/aromatic N) is 1. The van der Waals surface area contributed by atoms with Crippen molar-refractivity contribution in [2.75, 3.05) is 17.6 Å². The van der Waals surface area contributed by atoms with E-state index in [9.17, 15) is 0 Å². The lowest BCUT2D eigenvalue weighted by Gasteiger charge is -2.07. The fourth-order valence-corrected chi connectivity index (χ4v) is 1.72. The SMILES string of the molecule is CC1(C)CC1CNc1ccnc(N)c1. The summed E-state index contributed by atoms with van der Waals surface area (Å²) in [5.74, 6) is 1.38. The third kappa shape index (κ3) is 1.97. The fourth-order valence-electron chi connectivity index (χ4n) is 1.72. The predicted octanol–water partition coefficient (Wildman–Crippen LogP) is 2.12. The molecule has 1 aliphatic rings. The summed E-state index contributed by atoms with van der Waals surface area (Å²) >= 11 is 0. The van der Waals surface area contributed by atoms with Crippen molar-refractivity contribution in [1.82, 2.24) is 4.98 Å². The van der Waals surface area contributed by atoms with Gasteiger partial charge in [0.1, 0.15) is 5.82 Å². The molecular weight excluding hydrogens is 174 g/mol. The maximum Gasteiger partial charge on any atom is 0.125 e. The van der Waals surface area contributed by atoms with E-state index in [1.165, 1.54) is 6.42 Å². The van der Waals surface area contributed by atoms with Gasteiger partial charge in [0.15, 0.2) is 0 Å². The van der Waals surface area contributed by atoms with Gasteiger partial charge in [-0.05, 0) is 23.8 Å². The van der Waals surface area contributed by atoms with Gasteiger partial charge in [-0.2, -0.15) is 0 Å². The topological polar surface area (TPSA) is 50.9 Å². The highest BCUT2D eigenvalue weighted by molar-refractivity contribution is 5.49. The molecule has 1 heterocycles. The number of aromatic nitrogens is 1. The van der Waals surface area contributed by atoms with Gasteiger partial charge in [-0.3, -0.25) is 0 Å². The van der Waals surface area contributed by atoms with Gasteiger partial charge in [0.05, 0.1) is 0 Å². The van der Waals surface area contributed by atoms with Crippen LogP contribution in [0.25, 0.3) is 0 Å². The Hall–Kier alpha value is -1.25. The molecule has 1 atom stereocenters. The molecule has 0 amide bonds. The highest BCUT2D eigenvalue weighted by atomic mass is 14.9. The van der Waals surface area contributed by atoms with E-state index in [4.69, 9.17) is 5.73 Å². The molecule has 0 aromatic carbocycles. The van der Waals surface area contributed by atoms with Crippen LogP contribution in [0.15, 0.2) is 18.3 Å². The molecule has 1 aromatic heterocycles. The monoisotopic (exact) mass is 191 g/mol. The van der Waals surface area contributed by atoms with Gasteiger partial charge in [0.2, 0.25) is 0 Å². The minimum atomic E-state index is 0.533. The van der Waals surface area contributed by atoms with Gasteiger partial charge in [-0.25, -0.2) is 4.98 Å². The van der Waals surface area contributed by atoms with Crippen LogP contribution in [0.4, 0.5) is 11.5 Å². The molecule has 0 radical (unpaired) electrons. The smallest absolute Gasteiger partial charge is 0.125 e. The van der Waals surface area contributed by atoms with E-state index in [2.05, 4.69) is 24.1 Å². The maximum atomic E-state index is 5.58. The van der Waals surface area contributed by atoms with E-state index in [1.807, 2.05) is 12.1 Å². The van der Waals surface area contributed by atoms with Crippen LogP contribution < -0.4 is 11.1 Å². The normalized spacial score (nSPS) is 23.1. The lowest BCUT2D eigenvalue weighted by Crippen LogP contribution is -2.07. The molecule has 1 fully saturated rings. The molecule has 1 aromatic rings. The number of hydrogen-bond donors (Lipinski definition) is 2. The zero-order chi connectivity index (χ0) is 10.2. The summed E-state index contributed by atoms with van der Waals surface area (Å²) in [6.45, 7) is 5.65. The number of anilines is 2. The van der Waals surface area contributed by atoms with Gasteiger partial charge in [-0.15, -0.1) is 0 Å². The molecule has 14 heavy (non-hydrogen) atoms. The number of nitrogens with one attached hydrogen (secondary N) is 1. The highest BCUT2D eigenvalue weighted by Crippen LogP contribution is 2.51. The maximum absolute atomic E-state index is 5.58. The standard InChI is InChI=1S/C11H17N3/c1-11(2)6-8(11)7-14-9-3-4-13-10(12)5-9/h3-5,8H,6-7H2,1-2H3,(H3,12,13,14). The quantitative estimate of drug-likeness (QED) is 0.769. The third-order valence-corrected chi connectivity index (χ3v) is 3.05. The largest absolute Gasteiger partial charge is 0.385 e. The summed E-state index contributed by atoms with van der Waals surface area (Å²) in [6.07, 6.45) is 3.05. The Morgan fingerprint density at radius 3 is 2.93 bits per heavy atom. The Morgan fingerprint density at radius 2 is 2.36 bits per heavy atom. The Bertz CT molecular complexity index is 333. The van der Waals surface area contributed by atoms with E-state index in [0.717, 1.165) is 18.2 Å². The van der Waals surface area contributed by atoms with Crippen molar-refractivity contribution in [3.8, 4) is 0 Å². The summed E-state index contributed by atoms with van der Waals surface area (Å²) < 4.78 is 0. The van der Waals surface area contributed by atoms with E-state index in [1.54, 1.807) is 6.20 Å². The molecule has 3 N–H and O–H groups in total. The number of nitrogen functional groups attached to an aromatic ring is 1. The molecule has 0 aliphatic heterocycles. The van der Waals surface area contributed by atoms with Crippen molar-refractivity contribution in [2.45, 2.75) is 20.3 Å². The summed E-state index contributed by atoms with van der Waals surface area (Å²) in [7, 11) is 0. The van der Waals surface area contributed by atoms with Gasteiger partial charge >= 0.3 is 0 Å². The van der Waals surface area contributed by atoms with E-state index < -0.39 is 0 Å². The van der Waals surface area contributed by atoms with Crippen molar-refractivity contribution in [3.63, 3.8) is 0 Å². The number of hydrogen-bond acceptors (Lipinski definition) is 3. The zero-order valence-corrected chi connectivity index (χ0v) is 8.75. The summed E-state index contributed by atoms with van der Waals surface area (Å²) in [4.78, 5) is 3.95. The van der Waals surface area contributed by atoms with Crippen molar-refractivity contribution < 1.29 is 0 Å². The lowest BCUT2D eigenvalue weighted by atomic mass is 10.1. The molecule has 2 rings (SSSR count). The van der Waals surface area contributed by atoms with Crippen LogP contribution >= 0.6 is 0 Å². The molecule has 3 nitrogen and oxygen atoms in total. The van der Waals surface area contributed by atoms with Crippen molar-refractivity contribution in [3.05, 3.63) is 18.3 Å². The van der Waals surface area contributed by atoms with Gasteiger partial charge in [-0.1, -0.05) is 13.8 Å². The first-order valence-electron chi connectivity index (χ1n) is 5.03. The Labute approximate surface area is 84.7 Å². The Balaban J connectivity index is 1.87. The van der Waals surface area contributed by atoms with E-state index in [0.29, 0.717) is 11.2 Å². The second-order valence-corrected chi connectivity index (χ2v) is 4.74. The molecule has 0 saturated heterocycles. The number of rotatable bonds is 3. The van der Waals surface area contributed by atoms with E-state index >= 15 is 0 Å². The molecular formula is C11H17N3. The van der Waals surface area contributed by atoms with E-state index in [-0.39, 0.29) is 0 Å². The minimum Gasteiger partial charge on any atom is -0.385 e. The lowest BCUT2D eigenvalue weighted by molar-refractivity contribution is 0.573. The fraction of sp³-hybridized carbons (Fsp3) is 0.545. The molecule has 3 heteroatoms. The van der Waals surface area contributed by atoms with Crippen LogP contribution in [0.5, 0.6) is 0 Å². The van der Waals surface area contributed by atoms with Gasteiger partial charge < -0.3 is 11.1 Å². The minimum absolute atomic E-state index is 0.533. The van der Waals surface area contributed by atoms with Gasteiger partial charge in [0, 0.05) is 24.5 Å². The van der Waals surface area contributed by atoms with Crippen molar-refractivity contribution in [2.24, 2.45) is 11.3 Å². The average molecular weight is 191 g/mol. The van der Waals surface area contributed by atoms with Crippen LogP contribution in [0.2, 0.25) is 0 Å². The molecule has 0 bridgehead atoms. The van der Waals surface area contributed by atoms with Crippen molar-refractivity contribution in [1.29, 1.82) is 0 Å². The van der Waals surface area contributed by atoms with Crippen molar-refractivity contribution >= 4 is 11.5 Å². The zero-order valence-electron chi connectivity index (χ0n) is 8.75. The molecule has 1 unspecified atom stereocenters. The Kier molecular flexibility index (Phi) is 2.10. The number of pyridine rings is 1. The first-order valence-corrected chi connectivity index (χ1v) is 5.03. The Morgan fingerprint density at radius 1 is 1.64 bits per heavy atom. The third-order valence-electron chi connectivity index (χ3n) is 3.05. The van der Waals surface area contributed by atoms with Crippen LogP contribution in [0.1, 0.15) is 20.3 Å². The number of nitrogens with two attached hydrogens (primary N) is 1. The van der Waals surface area contributed by atoms with Crippen LogP contribution in [0.3, 0.4) is 0 Å². The molecule has 1 saturated carbocycles. The highest BCUT2D eigenvalue weighted by Gasteiger charge is 2.44. The van der Waals surface area contributed by atoms with Crippen LogP contribution in [-0.4, -0.2) is 11.5 Å². The predicted molar refractivity (Wildman–Crippen MR) is 59.0 cm³/mol. The summed E-state index contributed by atoms with van der Waals surface area (Å²) in [6, 6.07) is 3.82. The first kappa shape index (κ1) is 9.31. The molecule has 76 valence electrons. The second kappa shape index (κ2) is 3.15. The summed E-state index contributed by atoms with van der Waals surface area (Å²) in [5.41, 5.74) is 7.19. The average Bonchev–Trinajstić information content (AvgIpc) is 2.71. The molecule has 0 spiro atoms. The summed E-state index contributed by atoms with van der Waals surface area (Å²) in [5, 5.41) is 3.38. The first-order chi connectivity index (χ1) is 6.58. The van der Waals surface area contributed by atoms with Crippen LogP contribution in [-0.2, 0) is 0 Å². The van der Waals surface area contributed by atoms with Gasteiger partial charge in [0.25, 0.3) is 0 Å².